The summed E-state index contributed by atoms with van der Waals surface area (Å²) >= 11 is 0. The normalized spacial score (nSPS) is 70.2. The fourth-order valence-electron chi connectivity index (χ4n) is 4.68. The van der Waals surface area contributed by atoms with E-state index in [-0.39, 0.29) is 0 Å². The third-order valence-electron chi connectivity index (χ3n) is 5.45. The molecule has 3 saturated carbocycles. The van der Waals surface area contributed by atoms with Crippen molar-refractivity contribution in [1.29, 1.82) is 0 Å². The van der Waals surface area contributed by atoms with Crippen LogP contribution in [0, 0.1) is 11.8 Å². The van der Waals surface area contributed by atoms with Gasteiger partial charge in [-0.3, -0.25) is 0 Å². The van der Waals surface area contributed by atoms with Gasteiger partial charge in [0.1, 0.15) is 0 Å². The molecule has 0 unspecified atom stereocenters. The van der Waals surface area contributed by atoms with Gasteiger partial charge in [0.2, 0.25) is 11.3 Å². The van der Waals surface area contributed by atoms with Crippen LogP contribution in [0.5, 0.6) is 0 Å². The van der Waals surface area contributed by atoms with E-state index in [9.17, 15) is 17.6 Å². The Kier molecular flexibility index (Phi) is 1.24. The van der Waals surface area contributed by atoms with Gasteiger partial charge in [0.25, 0.3) is 0 Å². The van der Waals surface area contributed by atoms with Gasteiger partial charge in [0.05, 0.1) is 0 Å². The number of alkyl halides is 4. The van der Waals surface area contributed by atoms with Crippen molar-refractivity contribution in [3.8, 4) is 0 Å². The Bertz CT molecular complexity index is 383. The number of hydrogen-bond donors (Lipinski definition) is 0. The molecule has 0 saturated heterocycles. The maximum absolute atomic E-state index is 14.5. The molecule has 6 atom stereocenters. The first-order valence-electron chi connectivity index (χ1n) is 5.89. The molecule has 0 radical (unpaired) electrons. The molecule has 16 heavy (non-hydrogen) atoms. The fourth-order valence-corrected chi connectivity index (χ4v) is 4.68. The number of rotatable bonds is 0. The lowest BCUT2D eigenvalue weighted by Crippen LogP contribution is -3.01. The third kappa shape index (κ3) is 0.488. The standard InChI is InChI=1S/C12H12F4/c13-9-5-6-10(9,14)12(16)8-4-2-1-3-7(8)11(9,12)15/h5-8H,1-4H2/t7-,8+,9-,10+,11+,12-. The van der Waals surface area contributed by atoms with Crippen LogP contribution in [0.2, 0.25) is 0 Å². The average molecular weight is 232 g/mol. The van der Waals surface area contributed by atoms with Crippen LogP contribution in [0.4, 0.5) is 17.6 Å². The number of fused-ring (bicyclic) bond motifs is 7. The molecule has 0 aliphatic heterocycles. The minimum Gasteiger partial charge on any atom is -0.236 e. The number of allylic oxidation sites excluding steroid dienone is 2. The zero-order chi connectivity index (χ0) is 11.4. The van der Waals surface area contributed by atoms with Gasteiger partial charge in [0.15, 0.2) is 11.3 Å². The number of hydrogen-bond acceptors (Lipinski definition) is 0. The summed E-state index contributed by atoms with van der Waals surface area (Å²) in [6, 6.07) is 0. The first-order valence-corrected chi connectivity index (χ1v) is 5.89. The van der Waals surface area contributed by atoms with E-state index in [1.807, 2.05) is 0 Å². The molecule has 4 aliphatic carbocycles. The van der Waals surface area contributed by atoms with E-state index >= 15 is 0 Å². The highest BCUT2D eigenvalue weighted by molar-refractivity contribution is 5.61. The summed E-state index contributed by atoms with van der Waals surface area (Å²) in [6.07, 6.45) is 4.31. The first-order chi connectivity index (χ1) is 7.43. The summed E-state index contributed by atoms with van der Waals surface area (Å²) in [5.41, 5.74) is -10.6. The summed E-state index contributed by atoms with van der Waals surface area (Å²) in [7, 11) is 0. The molecule has 0 amide bonds. The molecule has 0 nitrogen and oxygen atoms in total. The summed E-state index contributed by atoms with van der Waals surface area (Å²) in [4.78, 5) is 0. The van der Waals surface area contributed by atoms with E-state index in [1.54, 1.807) is 0 Å². The number of halogens is 4. The van der Waals surface area contributed by atoms with Crippen LogP contribution in [0.25, 0.3) is 0 Å². The molecular weight excluding hydrogens is 220 g/mol. The minimum atomic E-state index is -2.69. The summed E-state index contributed by atoms with van der Waals surface area (Å²) in [6.45, 7) is 0. The van der Waals surface area contributed by atoms with Gasteiger partial charge in [-0.25, -0.2) is 17.6 Å². The molecule has 4 rings (SSSR count). The second kappa shape index (κ2) is 2.08. The quantitative estimate of drug-likeness (QED) is 0.444. The highest BCUT2D eigenvalue weighted by atomic mass is 19.2. The van der Waals surface area contributed by atoms with Crippen LogP contribution >= 0.6 is 0 Å². The summed E-state index contributed by atoms with van der Waals surface area (Å²) in [5, 5.41) is 0. The van der Waals surface area contributed by atoms with Crippen molar-refractivity contribution in [2.75, 3.05) is 0 Å². The Hall–Kier alpha value is -0.540. The molecule has 0 spiro atoms. The molecule has 0 heterocycles. The molecule has 0 N–H and O–H groups in total. The van der Waals surface area contributed by atoms with Gasteiger partial charge in [-0.1, -0.05) is 12.8 Å². The second-order valence-corrected chi connectivity index (χ2v) is 5.68. The predicted octanol–water partition coefficient (Wildman–Crippen LogP) is 3.22. The van der Waals surface area contributed by atoms with Crippen LogP contribution in [-0.2, 0) is 0 Å². The van der Waals surface area contributed by atoms with Crippen molar-refractivity contribution in [1.82, 2.24) is 0 Å². The van der Waals surface area contributed by atoms with E-state index in [1.165, 1.54) is 0 Å². The molecule has 0 bridgehead atoms. The largest absolute Gasteiger partial charge is 0.236 e. The van der Waals surface area contributed by atoms with Crippen molar-refractivity contribution < 1.29 is 17.6 Å². The maximum Gasteiger partial charge on any atom is 0.207 e. The third-order valence-corrected chi connectivity index (χ3v) is 5.45. The van der Waals surface area contributed by atoms with Gasteiger partial charge in [-0.15, -0.1) is 0 Å². The first kappa shape index (κ1) is 9.49. The van der Waals surface area contributed by atoms with E-state index in [0.717, 1.165) is 25.0 Å². The zero-order valence-electron chi connectivity index (χ0n) is 8.65. The Labute approximate surface area is 90.7 Å². The molecule has 4 aliphatic rings. The molecular formula is C12H12F4. The van der Waals surface area contributed by atoms with Gasteiger partial charge in [0, 0.05) is 11.8 Å². The van der Waals surface area contributed by atoms with Crippen LogP contribution in [-0.4, -0.2) is 22.7 Å². The van der Waals surface area contributed by atoms with E-state index < -0.39 is 34.5 Å². The SMILES string of the molecule is F[C@]12C=C[C@@]1(F)[C@]1(F)[C@H]3CCCC[C@H]3[C@]21F. The van der Waals surface area contributed by atoms with Crippen LogP contribution in [0.15, 0.2) is 12.2 Å². The summed E-state index contributed by atoms with van der Waals surface area (Å²) < 4.78 is 57.2. The van der Waals surface area contributed by atoms with Crippen LogP contribution < -0.4 is 0 Å². The van der Waals surface area contributed by atoms with Crippen LogP contribution in [0.3, 0.4) is 0 Å². The zero-order valence-corrected chi connectivity index (χ0v) is 8.65. The highest BCUT2D eigenvalue weighted by Gasteiger charge is 3.03. The lowest BCUT2D eigenvalue weighted by atomic mass is 9.27. The molecule has 88 valence electrons. The van der Waals surface area contributed by atoms with E-state index in [2.05, 4.69) is 0 Å². The molecule has 4 heteroatoms. The minimum absolute atomic E-state index is 0.489. The van der Waals surface area contributed by atoms with Gasteiger partial charge in [-0.05, 0) is 25.0 Å². The van der Waals surface area contributed by atoms with Crippen molar-refractivity contribution in [3.05, 3.63) is 12.2 Å². The van der Waals surface area contributed by atoms with Crippen molar-refractivity contribution in [3.63, 3.8) is 0 Å². The van der Waals surface area contributed by atoms with Gasteiger partial charge < -0.3 is 0 Å². The lowest BCUT2D eigenvalue weighted by molar-refractivity contribution is -0.432. The van der Waals surface area contributed by atoms with E-state index in [0.29, 0.717) is 12.8 Å². The molecule has 0 aromatic heterocycles. The smallest absolute Gasteiger partial charge is 0.207 e. The predicted molar refractivity (Wildman–Crippen MR) is 49.9 cm³/mol. The van der Waals surface area contributed by atoms with Crippen molar-refractivity contribution >= 4 is 0 Å². The fraction of sp³-hybridized carbons (Fsp3) is 0.833. The molecule has 3 fully saturated rings. The average Bonchev–Trinajstić information content (AvgIpc) is 2.32. The Morgan fingerprint density at radius 3 is 1.44 bits per heavy atom. The molecule has 0 aromatic rings. The summed E-state index contributed by atoms with van der Waals surface area (Å²) in [5.74, 6) is -1.24. The Morgan fingerprint density at radius 2 is 1.12 bits per heavy atom. The molecule has 0 aromatic carbocycles. The monoisotopic (exact) mass is 232 g/mol. The van der Waals surface area contributed by atoms with Crippen LogP contribution in [0.1, 0.15) is 25.7 Å². The highest BCUT2D eigenvalue weighted by Crippen LogP contribution is 2.85. The van der Waals surface area contributed by atoms with Crippen molar-refractivity contribution in [2.24, 2.45) is 11.8 Å². The van der Waals surface area contributed by atoms with E-state index in [4.69, 9.17) is 0 Å². The van der Waals surface area contributed by atoms with Gasteiger partial charge in [-0.2, -0.15) is 0 Å². The Morgan fingerprint density at radius 1 is 0.750 bits per heavy atom. The topological polar surface area (TPSA) is 0 Å². The maximum atomic E-state index is 14.5. The van der Waals surface area contributed by atoms with Gasteiger partial charge >= 0.3 is 0 Å². The van der Waals surface area contributed by atoms with Crippen molar-refractivity contribution in [2.45, 2.75) is 48.4 Å². The lowest BCUT2D eigenvalue weighted by Gasteiger charge is -2.81. The Balaban J connectivity index is 1.86. The second-order valence-electron chi connectivity index (χ2n) is 5.68.